The SMILES string of the molecule is OC(CC1CCCCC1)c1ccccc1I. The second-order valence-corrected chi connectivity index (χ2v) is 5.94. The Hall–Kier alpha value is -0.0900. The molecule has 16 heavy (non-hydrogen) atoms. The van der Waals surface area contributed by atoms with Crippen LogP contribution < -0.4 is 0 Å². The van der Waals surface area contributed by atoms with Crippen LogP contribution in [0.1, 0.15) is 50.2 Å². The molecule has 0 saturated heterocycles. The summed E-state index contributed by atoms with van der Waals surface area (Å²) < 4.78 is 1.18. The zero-order chi connectivity index (χ0) is 11.4. The number of rotatable bonds is 3. The lowest BCUT2D eigenvalue weighted by molar-refractivity contribution is 0.130. The Morgan fingerprint density at radius 3 is 2.56 bits per heavy atom. The largest absolute Gasteiger partial charge is 0.388 e. The normalized spacial score (nSPS) is 19.6. The van der Waals surface area contributed by atoms with Gasteiger partial charge in [-0.2, -0.15) is 0 Å². The Kier molecular flexibility index (Phi) is 4.65. The molecular weight excluding hydrogens is 311 g/mol. The maximum Gasteiger partial charge on any atom is 0.0802 e. The van der Waals surface area contributed by atoms with Gasteiger partial charge in [0, 0.05) is 3.57 Å². The second-order valence-electron chi connectivity index (χ2n) is 4.78. The van der Waals surface area contributed by atoms with Gasteiger partial charge in [0.05, 0.1) is 6.10 Å². The first-order valence-corrected chi connectivity index (χ1v) is 7.27. The summed E-state index contributed by atoms with van der Waals surface area (Å²) in [5.74, 6) is 0.736. The average Bonchev–Trinajstić information content (AvgIpc) is 2.31. The summed E-state index contributed by atoms with van der Waals surface area (Å²) >= 11 is 2.31. The van der Waals surface area contributed by atoms with Gasteiger partial charge in [-0.3, -0.25) is 0 Å². The fourth-order valence-corrected chi connectivity index (χ4v) is 3.36. The summed E-state index contributed by atoms with van der Waals surface area (Å²) in [5, 5.41) is 10.2. The van der Waals surface area contributed by atoms with Crippen LogP contribution in [0, 0.1) is 9.49 Å². The van der Waals surface area contributed by atoms with E-state index in [4.69, 9.17) is 0 Å². The minimum atomic E-state index is -0.267. The van der Waals surface area contributed by atoms with Gasteiger partial charge in [0.25, 0.3) is 0 Å². The van der Waals surface area contributed by atoms with E-state index in [-0.39, 0.29) is 6.10 Å². The van der Waals surface area contributed by atoms with E-state index in [2.05, 4.69) is 34.7 Å². The summed E-state index contributed by atoms with van der Waals surface area (Å²) in [6.07, 6.45) is 7.37. The molecule has 0 heterocycles. The van der Waals surface area contributed by atoms with Gasteiger partial charge in [-0.1, -0.05) is 50.3 Å². The number of halogens is 1. The quantitative estimate of drug-likeness (QED) is 0.820. The van der Waals surface area contributed by atoms with Crippen molar-refractivity contribution in [3.05, 3.63) is 33.4 Å². The van der Waals surface area contributed by atoms with Crippen molar-refractivity contribution >= 4 is 22.6 Å². The predicted molar refractivity (Wildman–Crippen MR) is 75.3 cm³/mol. The van der Waals surface area contributed by atoms with Gasteiger partial charge < -0.3 is 5.11 Å². The molecule has 1 nitrogen and oxygen atoms in total. The van der Waals surface area contributed by atoms with Crippen molar-refractivity contribution in [1.29, 1.82) is 0 Å². The molecule has 0 radical (unpaired) electrons. The van der Waals surface area contributed by atoms with Crippen LogP contribution >= 0.6 is 22.6 Å². The second kappa shape index (κ2) is 6.01. The summed E-state index contributed by atoms with van der Waals surface area (Å²) in [4.78, 5) is 0. The predicted octanol–water partition coefficient (Wildman–Crippen LogP) is 4.30. The van der Waals surface area contributed by atoms with Gasteiger partial charge in [0.2, 0.25) is 0 Å². The molecule has 0 spiro atoms. The molecule has 0 aromatic heterocycles. The van der Waals surface area contributed by atoms with E-state index in [1.807, 2.05) is 12.1 Å². The Bertz CT molecular complexity index is 331. The lowest BCUT2D eigenvalue weighted by Crippen LogP contribution is -2.11. The van der Waals surface area contributed by atoms with Gasteiger partial charge >= 0.3 is 0 Å². The molecule has 2 rings (SSSR count). The van der Waals surface area contributed by atoms with Crippen molar-refractivity contribution in [3.8, 4) is 0 Å². The third-order valence-electron chi connectivity index (χ3n) is 3.55. The highest BCUT2D eigenvalue weighted by atomic mass is 127. The van der Waals surface area contributed by atoms with Crippen molar-refractivity contribution < 1.29 is 5.11 Å². The van der Waals surface area contributed by atoms with E-state index in [1.165, 1.54) is 35.7 Å². The van der Waals surface area contributed by atoms with Crippen molar-refractivity contribution in [2.24, 2.45) is 5.92 Å². The van der Waals surface area contributed by atoms with Crippen molar-refractivity contribution in [3.63, 3.8) is 0 Å². The van der Waals surface area contributed by atoms with E-state index in [0.717, 1.165) is 17.9 Å². The first-order chi connectivity index (χ1) is 7.77. The average molecular weight is 330 g/mol. The minimum absolute atomic E-state index is 0.267. The fraction of sp³-hybridized carbons (Fsp3) is 0.571. The maximum absolute atomic E-state index is 10.2. The van der Waals surface area contributed by atoms with Crippen LogP contribution in [0.5, 0.6) is 0 Å². The van der Waals surface area contributed by atoms with Gasteiger partial charge in [-0.15, -0.1) is 0 Å². The fourth-order valence-electron chi connectivity index (χ4n) is 2.61. The topological polar surface area (TPSA) is 20.2 Å². The van der Waals surface area contributed by atoms with Crippen LogP contribution in [0.3, 0.4) is 0 Å². The molecular formula is C14H19IO. The summed E-state index contributed by atoms with van der Waals surface area (Å²) in [5.41, 5.74) is 1.11. The highest BCUT2D eigenvalue weighted by molar-refractivity contribution is 14.1. The standard InChI is InChI=1S/C14H19IO/c15-13-9-5-4-8-12(13)14(16)10-11-6-2-1-3-7-11/h4-5,8-9,11,14,16H,1-3,6-7,10H2. The molecule has 1 aliphatic rings. The van der Waals surface area contributed by atoms with E-state index < -0.39 is 0 Å². The monoisotopic (exact) mass is 330 g/mol. The van der Waals surface area contributed by atoms with E-state index in [0.29, 0.717) is 0 Å². The molecule has 1 atom stereocenters. The smallest absolute Gasteiger partial charge is 0.0802 e. The molecule has 1 fully saturated rings. The number of aliphatic hydroxyl groups excluding tert-OH is 1. The summed E-state index contributed by atoms with van der Waals surface area (Å²) in [6, 6.07) is 8.16. The maximum atomic E-state index is 10.2. The molecule has 1 aromatic rings. The van der Waals surface area contributed by atoms with Crippen molar-refractivity contribution in [2.45, 2.75) is 44.6 Å². The first-order valence-electron chi connectivity index (χ1n) is 6.20. The third-order valence-corrected chi connectivity index (χ3v) is 4.53. The number of benzene rings is 1. The van der Waals surface area contributed by atoms with Gasteiger partial charge in [0.15, 0.2) is 0 Å². The van der Waals surface area contributed by atoms with Crippen LogP contribution in [-0.4, -0.2) is 5.11 Å². The Morgan fingerprint density at radius 1 is 1.19 bits per heavy atom. The zero-order valence-corrected chi connectivity index (χ0v) is 11.7. The van der Waals surface area contributed by atoms with E-state index in [9.17, 15) is 5.11 Å². The Labute approximate surface area is 111 Å². The Morgan fingerprint density at radius 2 is 1.88 bits per heavy atom. The van der Waals surface area contributed by atoms with Crippen LogP contribution in [0.2, 0.25) is 0 Å². The van der Waals surface area contributed by atoms with Crippen molar-refractivity contribution in [1.82, 2.24) is 0 Å². The Balaban J connectivity index is 1.96. The molecule has 1 aliphatic carbocycles. The molecule has 0 amide bonds. The minimum Gasteiger partial charge on any atom is -0.388 e. The lowest BCUT2D eigenvalue weighted by atomic mass is 9.84. The molecule has 2 heteroatoms. The molecule has 0 bridgehead atoms. The summed E-state index contributed by atoms with van der Waals surface area (Å²) in [7, 11) is 0. The van der Waals surface area contributed by atoms with Gasteiger partial charge in [-0.25, -0.2) is 0 Å². The molecule has 0 aliphatic heterocycles. The molecule has 1 N–H and O–H groups in total. The molecule has 1 saturated carbocycles. The van der Waals surface area contributed by atoms with Crippen LogP contribution in [-0.2, 0) is 0 Å². The first kappa shape index (κ1) is 12.4. The lowest BCUT2D eigenvalue weighted by Gasteiger charge is -2.24. The third kappa shape index (κ3) is 3.20. The molecule has 1 unspecified atom stereocenters. The van der Waals surface area contributed by atoms with Gasteiger partial charge in [0.1, 0.15) is 0 Å². The van der Waals surface area contributed by atoms with E-state index >= 15 is 0 Å². The van der Waals surface area contributed by atoms with Crippen molar-refractivity contribution in [2.75, 3.05) is 0 Å². The molecule has 88 valence electrons. The van der Waals surface area contributed by atoms with Crippen LogP contribution in [0.25, 0.3) is 0 Å². The highest BCUT2D eigenvalue weighted by Crippen LogP contribution is 2.32. The number of hydrogen-bond acceptors (Lipinski definition) is 1. The number of hydrogen-bond donors (Lipinski definition) is 1. The summed E-state index contributed by atoms with van der Waals surface area (Å²) in [6.45, 7) is 0. The van der Waals surface area contributed by atoms with Crippen LogP contribution in [0.15, 0.2) is 24.3 Å². The number of aliphatic hydroxyl groups is 1. The zero-order valence-electron chi connectivity index (χ0n) is 9.53. The van der Waals surface area contributed by atoms with Crippen LogP contribution in [0.4, 0.5) is 0 Å². The molecule has 1 aromatic carbocycles. The highest BCUT2D eigenvalue weighted by Gasteiger charge is 2.19. The van der Waals surface area contributed by atoms with Gasteiger partial charge in [-0.05, 0) is 46.6 Å². The van der Waals surface area contributed by atoms with E-state index in [1.54, 1.807) is 0 Å².